The second-order valence-electron chi connectivity index (χ2n) is 4.26. The molecule has 22 heavy (non-hydrogen) atoms. The van der Waals surface area contributed by atoms with Gasteiger partial charge in [0.2, 0.25) is 0 Å². The van der Waals surface area contributed by atoms with Crippen molar-refractivity contribution in [1.82, 2.24) is 4.98 Å². The molecule has 1 heterocycles. The summed E-state index contributed by atoms with van der Waals surface area (Å²) in [6.07, 6.45) is 3.20. The number of hydrogen-bond acceptors (Lipinski definition) is 7. The Morgan fingerprint density at radius 2 is 1.82 bits per heavy atom. The van der Waals surface area contributed by atoms with Crippen LogP contribution in [0, 0.1) is 20.2 Å². The van der Waals surface area contributed by atoms with Gasteiger partial charge in [-0.15, -0.1) is 0 Å². The third-order valence-corrected chi connectivity index (χ3v) is 2.83. The number of hydrazone groups is 1. The molecule has 1 aromatic carbocycles. The second kappa shape index (κ2) is 6.39. The van der Waals surface area contributed by atoms with Crippen LogP contribution in [0.15, 0.2) is 47.8 Å². The van der Waals surface area contributed by atoms with E-state index in [1.807, 2.05) is 0 Å². The van der Waals surface area contributed by atoms with Gasteiger partial charge in [0.15, 0.2) is 0 Å². The molecule has 0 amide bonds. The van der Waals surface area contributed by atoms with Crippen molar-refractivity contribution < 1.29 is 9.85 Å². The van der Waals surface area contributed by atoms with Crippen LogP contribution in [-0.4, -0.2) is 20.5 Å². The molecule has 0 saturated heterocycles. The zero-order valence-corrected chi connectivity index (χ0v) is 11.5. The maximum absolute atomic E-state index is 11.0. The van der Waals surface area contributed by atoms with Crippen LogP contribution in [0.5, 0.6) is 0 Å². The van der Waals surface area contributed by atoms with E-state index >= 15 is 0 Å². The molecule has 0 aliphatic carbocycles. The van der Waals surface area contributed by atoms with E-state index in [1.165, 1.54) is 12.1 Å². The molecule has 2 rings (SSSR count). The van der Waals surface area contributed by atoms with E-state index in [9.17, 15) is 20.2 Å². The molecular weight excluding hydrogens is 290 g/mol. The highest BCUT2D eigenvalue weighted by atomic mass is 16.6. The fraction of sp³-hybridized carbons (Fsp3) is 0.0769. The highest BCUT2D eigenvalue weighted by Crippen LogP contribution is 2.28. The van der Waals surface area contributed by atoms with Gasteiger partial charge < -0.3 is 0 Å². The molecule has 0 unspecified atom stereocenters. The van der Waals surface area contributed by atoms with Crippen molar-refractivity contribution in [2.75, 3.05) is 5.43 Å². The Morgan fingerprint density at radius 3 is 2.41 bits per heavy atom. The van der Waals surface area contributed by atoms with Crippen molar-refractivity contribution in [3.05, 3.63) is 68.5 Å². The Morgan fingerprint density at radius 1 is 1.14 bits per heavy atom. The lowest BCUT2D eigenvalue weighted by Crippen LogP contribution is -2.02. The summed E-state index contributed by atoms with van der Waals surface area (Å²) in [7, 11) is 0. The first-order valence-electron chi connectivity index (χ1n) is 6.12. The number of rotatable bonds is 5. The van der Waals surface area contributed by atoms with E-state index in [4.69, 9.17) is 0 Å². The molecule has 9 heteroatoms. The van der Waals surface area contributed by atoms with Crippen LogP contribution in [0.4, 0.5) is 17.1 Å². The summed E-state index contributed by atoms with van der Waals surface area (Å²) >= 11 is 0. The second-order valence-corrected chi connectivity index (χ2v) is 4.26. The number of aromatic nitrogens is 1. The molecule has 2 aromatic rings. The third kappa shape index (κ3) is 3.39. The maximum Gasteiger partial charge on any atom is 0.301 e. The Kier molecular flexibility index (Phi) is 4.37. The van der Waals surface area contributed by atoms with E-state index < -0.39 is 15.5 Å². The molecule has 0 aliphatic heterocycles. The minimum absolute atomic E-state index is 0.0732. The molecule has 0 spiro atoms. The third-order valence-electron chi connectivity index (χ3n) is 2.83. The van der Waals surface area contributed by atoms with E-state index in [-0.39, 0.29) is 11.4 Å². The molecule has 112 valence electrons. The van der Waals surface area contributed by atoms with Crippen LogP contribution in [-0.2, 0) is 0 Å². The maximum atomic E-state index is 11.0. The van der Waals surface area contributed by atoms with Crippen LogP contribution in [0.2, 0.25) is 0 Å². The number of anilines is 1. The smallest absolute Gasteiger partial charge is 0.271 e. The molecule has 0 atom stereocenters. The van der Waals surface area contributed by atoms with Crippen molar-refractivity contribution >= 4 is 22.8 Å². The average Bonchev–Trinajstić information content (AvgIpc) is 2.53. The van der Waals surface area contributed by atoms with Crippen LogP contribution in [0.25, 0.3) is 0 Å². The first-order chi connectivity index (χ1) is 10.5. The van der Waals surface area contributed by atoms with Crippen molar-refractivity contribution in [1.29, 1.82) is 0 Å². The van der Waals surface area contributed by atoms with Gasteiger partial charge in [0.25, 0.3) is 5.69 Å². The molecule has 0 radical (unpaired) electrons. The number of non-ortho nitro benzene ring substituents is 1. The van der Waals surface area contributed by atoms with Gasteiger partial charge in [-0.25, -0.2) is 0 Å². The number of nitro benzene ring substituents is 2. The van der Waals surface area contributed by atoms with Gasteiger partial charge in [0.05, 0.1) is 21.6 Å². The van der Waals surface area contributed by atoms with Crippen molar-refractivity contribution in [2.45, 2.75) is 6.92 Å². The first-order valence-corrected chi connectivity index (χ1v) is 6.12. The molecular formula is C13H11N5O4. The van der Waals surface area contributed by atoms with E-state index in [2.05, 4.69) is 15.5 Å². The number of nitrogens with zero attached hydrogens (tertiary/aromatic N) is 4. The van der Waals surface area contributed by atoms with Gasteiger partial charge in [0, 0.05) is 24.0 Å². The minimum Gasteiger partial charge on any atom is -0.271 e. The van der Waals surface area contributed by atoms with E-state index in [0.717, 1.165) is 11.6 Å². The number of benzene rings is 1. The summed E-state index contributed by atoms with van der Waals surface area (Å²) in [6.45, 7) is 1.72. The molecule has 0 aliphatic rings. The summed E-state index contributed by atoms with van der Waals surface area (Å²) < 4.78 is 0. The summed E-state index contributed by atoms with van der Waals surface area (Å²) in [5.74, 6) is 0. The van der Waals surface area contributed by atoms with Crippen LogP contribution >= 0.6 is 0 Å². The average molecular weight is 301 g/mol. The molecule has 1 aromatic heterocycles. The highest BCUT2D eigenvalue weighted by molar-refractivity contribution is 5.99. The van der Waals surface area contributed by atoms with Crippen LogP contribution in [0.3, 0.4) is 0 Å². The van der Waals surface area contributed by atoms with Crippen molar-refractivity contribution in [2.24, 2.45) is 5.10 Å². The zero-order chi connectivity index (χ0) is 16.1. The van der Waals surface area contributed by atoms with Gasteiger partial charge in [-0.05, 0) is 25.1 Å². The molecule has 0 saturated carbocycles. The Bertz CT molecular complexity index is 745. The predicted molar refractivity (Wildman–Crippen MR) is 79.8 cm³/mol. The number of nitrogens with one attached hydrogen (secondary N) is 1. The van der Waals surface area contributed by atoms with Gasteiger partial charge in [-0.3, -0.25) is 30.6 Å². The lowest BCUT2D eigenvalue weighted by molar-refractivity contribution is -0.393. The molecule has 0 fully saturated rings. The Hall–Kier alpha value is -3.36. The summed E-state index contributed by atoms with van der Waals surface area (Å²) in [5, 5.41) is 25.7. The molecule has 0 bridgehead atoms. The monoisotopic (exact) mass is 301 g/mol. The van der Waals surface area contributed by atoms with Gasteiger partial charge in [-0.1, -0.05) is 0 Å². The predicted octanol–water partition coefficient (Wildman–Crippen LogP) is 2.73. The highest BCUT2D eigenvalue weighted by Gasteiger charge is 2.19. The number of hydrogen-bond donors (Lipinski definition) is 1. The SMILES string of the molecule is C/C(=N\Nc1ccc([N+](=O)[O-])cc1[N+](=O)[O-])c1ccncc1. The van der Waals surface area contributed by atoms with E-state index in [0.29, 0.717) is 5.71 Å². The lowest BCUT2D eigenvalue weighted by Gasteiger charge is -2.04. The fourth-order valence-electron chi connectivity index (χ4n) is 1.68. The lowest BCUT2D eigenvalue weighted by atomic mass is 10.2. The molecule has 9 nitrogen and oxygen atoms in total. The van der Waals surface area contributed by atoms with Crippen molar-refractivity contribution in [3.8, 4) is 0 Å². The van der Waals surface area contributed by atoms with Gasteiger partial charge in [-0.2, -0.15) is 5.10 Å². The zero-order valence-electron chi connectivity index (χ0n) is 11.5. The Labute approximate surface area is 124 Å². The summed E-state index contributed by atoms with van der Waals surface area (Å²) in [4.78, 5) is 24.2. The largest absolute Gasteiger partial charge is 0.301 e. The summed E-state index contributed by atoms with van der Waals surface area (Å²) in [6, 6.07) is 6.79. The van der Waals surface area contributed by atoms with Gasteiger partial charge in [0.1, 0.15) is 5.69 Å². The number of pyridine rings is 1. The standard InChI is InChI=1S/C13H11N5O4/c1-9(10-4-6-14-7-5-10)15-16-12-3-2-11(17(19)20)8-13(12)18(21)22/h2-8,16H,1H3/b15-9+. The van der Waals surface area contributed by atoms with Gasteiger partial charge >= 0.3 is 5.69 Å². The number of nitro groups is 2. The minimum atomic E-state index is -0.702. The topological polar surface area (TPSA) is 124 Å². The Balaban J connectivity index is 2.30. The molecule has 1 N–H and O–H groups in total. The fourth-order valence-corrected chi connectivity index (χ4v) is 1.68. The summed E-state index contributed by atoms with van der Waals surface area (Å²) in [5.41, 5.74) is 3.26. The normalized spacial score (nSPS) is 11.0. The van der Waals surface area contributed by atoms with Crippen molar-refractivity contribution in [3.63, 3.8) is 0 Å². The van der Waals surface area contributed by atoms with E-state index in [1.54, 1.807) is 31.5 Å². The first kappa shape index (κ1) is 15.0. The quantitative estimate of drug-likeness (QED) is 0.514. The van der Waals surface area contributed by atoms with Crippen LogP contribution < -0.4 is 5.43 Å². The van der Waals surface area contributed by atoms with Crippen LogP contribution in [0.1, 0.15) is 12.5 Å².